The van der Waals surface area contributed by atoms with Gasteiger partial charge in [-0.1, -0.05) is 47.6 Å². The molecule has 174 valence electrons. The number of carboxylic acids is 1. The number of aliphatic carboxylic acids is 1. The van der Waals surface area contributed by atoms with E-state index in [1.54, 1.807) is 55.6 Å². The number of aromatic nitrogens is 2. The Morgan fingerprint density at radius 3 is 2.71 bits per heavy atom. The minimum absolute atomic E-state index is 0.132. The van der Waals surface area contributed by atoms with Crippen LogP contribution >= 0.6 is 11.3 Å². The standard InChI is InChI=1S/C24H20FN3O5S/c1-13(16-8-5-6-10-18(16)25)32-24(31)27-21-14(2)33-28-22(21)19-12-34-23(26-19)17-9-4-3-7-15(17)11-20(29)30/h3-10,12-13H,11H2,1-2H3,(H,27,31)(H,29,30)/t13-/m1/s1. The number of hydrogen-bond donors (Lipinski definition) is 2. The Bertz CT molecular complexity index is 1350. The summed E-state index contributed by atoms with van der Waals surface area (Å²) in [4.78, 5) is 28.3. The van der Waals surface area contributed by atoms with Crippen LogP contribution in [0, 0.1) is 12.7 Å². The molecule has 0 aliphatic heterocycles. The molecule has 4 rings (SSSR count). The third-order valence-electron chi connectivity index (χ3n) is 5.05. The van der Waals surface area contributed by atoms with Crippen LogP contribution in [0.1, 0.15) is 29.9 Å². The summed E-state index contributed by atoms with van der Waals surface area (Å²) in [6.45, 7) is 3.20. The fourth-order valence-electron chi connectivity index (χ4n) is 3.41. The number of carbonyl (C=O) groups is 2. The van der Waals surface area contributed by atoms with Crippen LogP contribution in [0.3, 0.4) is 0 Å². The van der Waals surface area contributed by atoms with E-state index < -0.39 is 24.0 Å². The van der Waals surface area contributed by atoms with E-state index in [1.807, 2.05) is 6.07 Å². The molecule has 8 nitrogen and oxygen atoms in total. The van der Waals surface area contributed by atoms with Gasteiger partial charge in [-0.05, 0) is 25.5 Å². The number of rotatable bonds is 7. The minimum Gasteiger partial charge on any atom is -0.481 e. The molecule has 10 heteroatoms. The van der Waals surface area contributed by atoms with Crippen LogP contribution in [0.15, 0.2) is 58.4 Å². The van der Waals surface area contributed by atoms with E-state index in [-0.39, 0.29) is 17.7 Å². The molecule has 0 bridgehead atoms. The number of aryl methyl sites for hydroxylation is 1. The Morgan fingerprint density at radius 2 is 1.94 bits per heavy atom. The molecular weight excluding hydrogens is 461 g/mol. The molecule has 1 amide bonds. The van der Waals surface area contributed by atoms with Gasteiger partial charge < -0.3 is 14.4 Å². The number of nitrogens with one attached hydrogen (secondary N) is 1. The summed E-state index contributed by atoms with van der Waals surface area (Å²) in [5.74, 6) is -1.07. The highest BCUT2D eigenvalue weighted by Gasteiger charge is 2.23. The summed E-state index contributed by atoms with van der Waals surface area (Å²) in [7, 11) is 0. The van der Waals surface area contributed by atoms with Gasteiger partial charge >= 0.3 is 12.1 Å². The lowest BCUT2D eigenvalue weighted by atomic mass is 10.1. The molecule has 0 aliphatic rings. The number of benzene rings is 2. The fraction of sp³-hybridized carbons (Fsp3) is 0.167. The summed E-state index contributed by atoms with van der Waals surface area (Å²) >= 11 is 1.31. The smallest absolute Gasteiger partial charge is 0.412 e. The van der Waals surface area contributed by atoms with Gasteiger partial charge in [0.2, 0.25) is 0 Å². The second-order valence-corrected chi connectivity index (χ2v) is 8.28. The number of hydrogen-bond acceptors (Lipinski definition) is 7. The van der Waals surface area contributed by atoms with Crippen LogP contribution in [0.2, 0.25) is 0 Å². The molecule has 0 radical (unpaired) electrons. The van der Waals surface area contributed by atoms with Crippen molar-refractivity contribution in [3.8, 4) is 22.0 Å². The molecule has 0 fully saturated rings. The van der Waals surface area contributed by atoms with Crippen LogP contribution in [-0.2, 0) is 16.0 Å². The van der Waals surface area contributed by atoms with E-state index in [2.05, 4.69) is 15.5 Å². The van der Waals surface area contributed by atoms with Crippen molar-refractivity contribution in [2.75, 3.05) is 5.32 Å². The number of amides is 1. The normalized spacial score (nSPS) is 11.7. The molecule has 0 saturated heterocycles. The summed E-state index contributed by atoms with van der Waals surface area (Å²) in [5, 5.41) is 18.2. The molecular formula is C24H20FN3O5S. The van der Waals surface area contributed by atoms with Gasteiger partial charge in [-0.3, -0.25) is 10.1 Å². The minimum atomic E-state index is -0.939. The Kier molecular flexibility index (Phi) is 6.69. The number of nitrogens with zero attached hydrogens (tertiary/aromatic N) is 2. The van der Waals surface area contributed by atoms with Crippen molar-refractivity contribution in [2.45, 2.75) is 26.4 Å². The van der Waals surface area contributed by atoms with Crippen molar-refractivity contribution < 1.29 is 28.3 Å². The topological polar surface area (TPSA) is 115 Å². The van der Waals surface area contributed by atoms with E-state index in [9.17, 15) is 19.1 Å². The zero-order valence-corrected chi connectivity index (χ0v) is 19.1. The predicted octanol–water partition coefficient (Wildman–Crippen LogP) is 5.85. The highest BCUT2D eigenvalue weighted by molar-refractivity contribution is 7.13. The lowest BCUT2D eigenvalue weighted by molar-refractivity contribution is -0.136. The molecule has 0 spiro atoms. The molecule has 0 saturated carbocycles. The lowest BCUT2D eigenvalue weighted by Gasteiger charge is -2.14. The number of carbonyl (C=O) groups excluding carboxylic acids is 1. The first-order valence-corrected chi connectivity index (χ1v) is 11.2. The predicted molar refractivity (Wildman–Crippen MR) is 124 cm³/mol. The molecule has 4 aromatic rings. The SMILES string of the molecule is Cc1onc(-c2csc(-c3ccccc3CC(=O)O)n2)c1NC(=O)O[C@H](C)c1ccccc1F. The Hall–Kier alpha value is -4.05. The van der Waals surface area contributed by atoms with Crippen LogP contribution in [0.4, 0.5) is 14.9 Å². The number of anilines is 1. The average molecular weight is 482 g/mol. The van der Waals surface area contributed by atoms with Gasteiger partial charge in [-0.25, -0.2) is 14.2 Å². The number of ether oxygens (including phenoxy) is 1. The highest BCUT2D eigenvalue weighted by atomic mass is 32.1. The Balaban J connectivity index is 1.55. The van der Waals surface area contributed by atoms with Crippen LogP contribution < -0.4 is 5.32 Å². The van der Waals surface area contributed by atoms with Crippen molar-refractivity contribution in [1.29, 1.82) is 0 Å². The van der Waals surface area contributed by atoms with Gasteiger partial charge in [0.05, 0.1) is 6.42 Å². The quantitative estimate of drug-likeness (QED) is 0.340. The molecule has 0 aliphatic carbocycles. The van der Waals surface area contributed by atoms with Gasteiger partial charge in [0.25, 0.3) is 0 Å². The molecule has 2 heterocycles. The maximum absolute atomic E-state index is 14.0. The summed E-state index contributed by atoms with van der Waals surface area (Å²) in [5.41, 5.74) is 2.61. The van der Waals surface area contributed by atoms with E-state index in [1.165, 1.54) is 17.4 Å². The maximum Gasteiger partial charge on any atom is 0.412 e. The molecule has 0 unspecified atom stereocenters. The highest BCUT2D eigenvalue weighted by Crippen LogP contribution is 2.35. The first-order chi connectivity index (χ1) is 16.3. The molecule has 2 aromatic carbocycles. The molecule has 1 atom stereocenters. The summed E-state index contributed by atoms with van der Waals surface area (Å²) in [6, 6.07) is 13.2. The van der Waals surface area contributed by atoms with Crippen LogP contribution in [-0.4, -0.2) is 27.3 Å². The van der Waals surface area contributed by atoms with Crippen LogP contribution in [0.25, 0.3) is 22.0 Å². The average Bonchev–Trinajstić information content (AvgIpc) is 3.41. The molecule has 2 N–H and O–H groups in total. The van der Waals surface area contributed by atoms with Crippen molar-refractivity contribution in [3.05, 3.63) is 76.6 Å². The van der Waals surface area contributed by atoms with E-state index in [0.717, 1.165) is 0 Å². The van der Waals surface area contributed by atoms with E-state index in [0.29, 0.717) is 33.3 Å². The van der Waals surface area contributed by atoms with Crippen molar-refractivity contribution in [3.63, 3.8) is 0 Å². The zero-order valence-electron chi connectivity index (χ0n) is 18.2. The van der Waals surface area contributed by atoms with Crippen molar-refractivity contribution in [1.82, 2.24) is 10.1 Å². The molecule has 2 aromatic heterocycles. The monoisotopic (exact) mass is 481 g/mol. The first-order valence-electron chi connectivity index (χ1n) is 10.3. The van der Waals surface area contributed by atoms with Gasteiger partial charge in [-0.15, -0.1) is 11.3 Å². The third-order valence-corrected chi connectivity index (χ3v) is 5.93. The number of carboxylic acid groups (broad SMARTS) is 1. The van der Waals surface area contributed by atoms with Crippen molar-refractivity contribution in [2.24, 2.45) is 0 Å². The second-order valence-electron chi connectivity index (χ2n) is 7.42. The van der Waals surface area contributed by atoms with Crippen LogP contribution in [0.5, 0.6) is 0 Å². The maximum atomic E-state index is 14.0. The molecule has 34 heavy (non-hydrogen) atoms. The largest absolute Gasteiger partial charge is 0.481 e. The van der Waals surface area contributed by atoms with Gasteiger partial charge in [0.15, 0.2) is 11.5 Å². The van der Waals surface area contributed by atoms with Gasteiger partial charge in [-0.2, -0.15) is 0 Å². The van der Waals surface area contributed by atoms with Gasteiger partial charge in [0, 0.05) is 16.5 Å². The Labute approximate surface area is 198 Å². The number of halogens is 1. The van der Waals surface area contributed by atoms with Gasteiger partial charge in [0.1, 0.15) is 28.3 Å². The Morgan fingerprint density at radius 1 is 1.21 bits per heavy atom. The van der Waals surface area contributed by atoms with Crippen molar-refractivity contribution >= 4 is 29.1 Å². The lowest BCUT2D eigenvalue weighted by Crippen LogP contribution is -2.17. The summed E-state index contributed by atoms with van der Waals surface area (Å²) in [6.07, 6.45) is -1.75. The fourth-order valence-corrected chi connectivity index (χ4v) is 4.27. The van der Waals surface area contributed by atoms with E-state index in [4.69, 9.17) is 9.26 Å². The zero-order chi connectivity index (χ0) is 24.2. The summed E-state index contributed by atoms with van der Waals surface area (Å²) < 4.78 is 24.6. The van der Waals surface area contributed by atoms with E-state index >= 15 is 0 Å². The first kappa shape index (κ1) is 23.1. The number of thiazole rings is 1. The second kappa shape index (κ2) is 9.84. The third kappa shape index (κ3) is 4.96.